The first-order chi connectivity index (χ1) is 12.3. The summed E-state index contributed by atoms with van der Waals surface area (Å²) in [4.78, 5) is 18.2. The molecular formula is C18H26N4O3S. The van der Waals surface area contributed by atoms with Crippen LogP contribution in [0.1, 0.15) is 31.5 Å². The fraction of sp³-hybridized carbons (Fsp3) is 0.556. The third kappa shape index (κ3) is 3.61. The van der Waals surface area contributed by atoms with Gasteiger partial charge in [0.1, 0.15) is 5.82 Å². The summed E-state index contributed by atoms with van der Waals surface area (Å²) < 4.78 is 29.2. The second-order valence-electron chi connectivity index (χ2n) is 6.99. The first-order valence-corrected chi connectivity index (χ1v) is 10.4. The van der Waals surface area contributed by atoms with Crippen molar-refractivity contribution in [3.63, 3.8) is 0 Å². The highest BCUT2D eigenvalue weighted by Crippen LogP contribution is 2.24. The van der Waals surface area contributed by atoms with Gasteiger partial charge in [-0.2, -0.15) is 4.31 Å². The minimum absolute atomic E-state index is 0.0467. The van der Waals surface area contributed by atoms with Gasteiger partial charge in [-0.25, -0.2) is 13.4 Å². The van der Waals surface area contributed by atoms with Crippen molar-refractivity contribution in [3.05, 3.63) is 24.0 Å². The molecule has 3 rings (SSSR count). The molecule has 0 unspecified atom stereocenters. The van der Waals surface area contributed by atoms with Crippen LogP contribution in [0.2, 0.25) is 0 Å². The van der Waals surface area contributed by atoms with Crippen molar-refractivity contribution < 1.29 is 13.2 Å². The van der Waals surface area contributed by atoms with Crippen molar-refractivity contribution in [1.29, 1.82) is 0 Å². The van der Waals surface area contributed by atoms with Gasteiger partial charge in [0.15, 0.2) is 0 Å². The minimum Gasteiger partial charge on any atom is -0.349 e. The highest BCUT2D eigenvalue weighted by atomic mass is 32.2. The Balaban J connectivity index is 1.88. The van der Waals surface area contributed by atoms with Crippen LogP contribution in [0.25, 0.3) is 11.0 Å². The van der Waals surface area contributed by atoms with E-state index < -0.39 is 10.0 Å². The lowest BCUT2D eigenvalue weighted by atomic mass is 10.2. The lowest BCUT2D eigenvalue weighted by molar-refractivity contribution is -0.128. The Morgan fingerprint density at radius 3 is 2.54 bits per heavy atom. The zero-order chi connectivity index (χ0) is 18.9. The number of hydrogen-bond acceptors (Lipinski definition) is 4. The molecule has 26 heavy (non-hydrogen) atoms. The maximum Gasteiger partial charge on any atom is 0.243 e. The van der Waals surface area contributed by atoms with Gasteiger partial charge in [-0.15, -0.1) is 0 Å². The van der Waals surface area contributed by atoms with E-state index in [9.17, 15) is 13.2 Å². The Kier molecular flexibility index (Phi) is 5.34. The monoisotopic (exact) mass is 378 g/mol. The van der Waals surface area contributed by atoms with Gasteiger partial charge in [0.05, 0.1) is 15.9 Å². The van der Waals surface area contributed by atoms with Crippen molar-refractivity contribution in [2.45, 2.75) is 37.0 Å². The number of carbonyl (C=O) groups excluding carboxylic acids is 1. The molecule has 1 aromatic heterocycles. The summed E-state index contributed by atoms with van der Waals surface area (Å²) in [5.74, 6) is 0.827. The topological polar surface area (TPSA) is 75.5 Å². The zero-order valence-corrected chi connectivity index (χ0v) is 16.4. The van der Waals surface area contributed by atoms with E-state index in [-0.39, 0.29) is 5.91 Å². The molecule has 1 fully saturated rings. The average molecular weight is 378 g/mol. The molecule has 1 saturated heterocycles. The number of imidazole rings is 1. The Morgan fingerprint density at radius 2 is 1.88 bits per heavy atom. The van der Waals surface area contributed by atoms with Crippen molar-refractivity contribution in [2.24, 2.45) is 7.05 Å². The van der Waals surface area contributed by atoms with Gasteiger partial charge in [-0.1, -0.05) is 6.42 Å². The number of rotatable bonds is 5. The standard InChI is InChI=1S/C18H26N4O3S/c1-20(2)18(23)10-9-17-19-15-13-14(7-8-16(15)21(17)3)26(24,25)22-11-5-4-6-12-22/h7-8,13H,4-6,9-12H2,1-3H3. The maximum absolute atomic E-state index is 12.9. The molecule has 0 bridgehead atoms. The van der Waals surface area contributed by atoms with Crippen LogP contribution in [0.3, 0.4) is 0 Å². The summed E-state index contributed by atoms with van der Waals surface area (Å²) in [6.07, 6.45) is 3.81. The SMILES string of the molecule is CN(C)C(=O)CCc1nc2cc(S(=O)(=O)N3CCCCC3)ccc2n1C. The van der Waals surface area contributed by atoms with Crippen LogP contribution in [-0.4, -0.2) is 60.3 Å². The largest absolute Gasteiger partial charge is 0.349 e. The van der Waals surface area contributed by atoms with Gasteiger partial charge >= 0.3 is 0 Å². The van der Waals surface area contributed by atoms with Gasteiger partial charge < -0.3 is 9.47 Å². The summed E-state index contributed by atoms with van der Waals surface area (Å²) in [6, 6.07) is 5.11. The van der Waals surface area contributed by atoms with E-state index in [0.717, 1.165) is 30.6 Å². The Bertz CT molecular complexity index is 912. The number of fused-ring (bicyclic) bond motifs is 1. The smallest absolute Gasteiger partial charge is 0.243 e. The second-order valence-corrected chi connectivity index (χ2v) is 8.93. The molecule has 0 atom stereocenters. The van der Waals surface area contributed by atoms with E-state index in [4.69, 9.17) is 0 Å². The summed E-state index contributed by atoms with van der Waals surface area (Å²) in [5, 5.41) is 0. The van der Waals surface area contributed by atoms with Gasteiger partial charge in [-0.05, 0) is 31.0 Å². The quantitative estimate of drug-likeness (QED) is 0.795. The molecule has 1 aromatic carbocycles. The zero-order valence-electron chi connectivity index (χ0n) is 15.6. The molecule has 1 aliphatic heterocycles. The van der Waals surface area contributed by atoms with Crippen molar-refractivity contribution >= 4 is 27.0 Å². The Morgan fingerprint density at radius 1 is 1.19 bits per heavy atom. The van der Waals surface area contributed by atoms with Crippen LogP contribution in [0.5, 0.6) is 0 Å². The number of aromatic nitrogens is 2. The third-order valence-electron chi connectivity index (χ3n) is 4.96. The number of hydrogen-bond donors (Lipinski definition) is 0. The predicted molar refractivity (Wildman–Crippen MR) is 100 cm³/mol. The molecular weight excluding hydrogens is 352 g/mol. The molecule has 7 nitrogen and oxygen atoms in total. The average Bonchev–Trinajstić information content (AvgIpc) is 2.95. The van der Waals surface area contributed by atoms with Crippen molar-refractivity contribution in [2.75, 3.05) is 27.2 Å². The van der Waals surface area contributed by atoms with Crippen LogP contribution in [0.15, 0.2) is 23.1 Å². The molecule has 0 spiro atoms. The van der Waals surface area contributed by atoms with Crippen LogP contribution in [-0.2, 0) is 28.3 Å². The van der Waals surface area contributed by atoms with E-state index >= 15 is 0 Å². The summed E-state index contributed by atoms with van der Waals surface area (Å²) in [6.45, 7) is 1.17. The van der Waals surface area contributed by atoms with E-state index in [2.05, 4.69) is 4.98 Å². The van der Waals surface area contributed by atoms with E-state index in [0.29, 0.717) is 36.3 Å². The van der Waals surface area contributed by atoms with Crippen LogP contribution in [0.4, 0.5) is 0 Å². The van der Waals surface area contributed by atoms with Crippen LogP contribution in [0, 0.1) is 0 Å². The first-order valence-electron chi connectivity index (χ1n) is 8.96. The molecule has 0 N–H and O–H groups in total. The molecule has 8 heteroatoms. The molecule has 0 radical (unpaired) electrons. The fourth-order valence-electron chi connectivity index (χ4n) is 3.31. The van der Waals surface area contributed by atoms with Gasteiger partial charge in [0.2, 0.25) is 15.9 Å². The molecule has 2 heterocycles. The summed E-state index contributed by atoms with van der Waals surface area (Å²) in [5.41, 5.74) is 1.52. The molecule has 1 amide bonds. The number of nitrogens with zero attached hydrogens (tertiary/aromatic N) is 4. The van der Waals surface area contributed by atoms with E-state index in [1.807, 2.05) is 11.6 Å². The lowest BCUT2D eigenvalue weighted by Crippen LogP contribution is -2.35. The van der Waals surface area contributed by atoms with E-state index in [1.165, 1.54) is 0 Å². The number of amides is 1. The minimum atomic E-state index is -3.47. The second kappa shape index (κ2) is 7.36. The Hall–Kier alpha value is -1.93. The van der Waals surface area contributed by atoms with Crippen molar-refractivity contribution in [3.8, 4) is 0 Å². The summed E-state index contributed by atoms with van der Waals surface area (Å²) >= 11 is 0. The third-order valence-corrected chi connectivity index (χ3v) is 6.85. The fourth-order valence-corrected chi connectivity index (χ4v) is 4.85. The molecule has 142 valence electrons. The molecule has 2 aromatic rings. The first kappa shape index (κ1) is 18.8. The predicted octanol–water partition coefficient (Wildman–Crippen LogP) is 1.77. The number of aryl methyl sites for hydroxylation is 2. The van der Waals surface area contributed by atoms with Gasteiger partial charge in [0.25, 0.3) is 0 Å². The summed E-state index contributed by atoms with van der Waals surface area (Å²) in [7, 11) is 1.88. The molecule has 0 aliphatic carbocycles. The van der Waals surface area contributed by atoms with Crippen LogP contribution >= 0.6 is 0 Å². The van der Waals surface area contributed by atoms with Gasteiger partial charge in [0, 0.05) is 47.1 Å². The number of carbonyl (C=O) groups is 1. The number of piperidine rings is 1. The van der Waals surface area contributed by atoms with Crippen LogP contribution < -0.4 is 0 Å². The molecule has 0 saturated carbocycles. The van der Waals surface area contributed by atoms with Gasteiger partial charge in [-0.3, -0.25) is 4.79 Å². The normalized spacial score (nSPS) is 16.1. The van der Waals surface area contributed by atoms with E-state index in [1.54, 1.807) is 41.5 Å². The van der Waals surface area contributed by atoms with Crippen molar-refractivity contribution in [1.82, 2.24) is 18.8 Å². The number of sulfonamides is 1. The molecule has 1 aliphatic rings. The Labute approximate surface area is 154 Å². The highest BCUT2D eigenvalue weighted by Gasteiger charge is 2.26. The maximum atomic E-state index is 12.9. The number of benzene rings is 1. The lowest BCUT2D eigenvalue weighted by Gasteiger charge is -2.25. The highest BCUT2D eigenvalue weighted by molar-refractivity contribution is 7.89.